The van der Waals surface area contributed by atoms with Crippen LogP contribution in [-0.2, 0) is 12.8 Å². The molecule has 0 unspecified atom stereocenters. The van der Waals surface area contributed by atoms with E-state index in [1.54, 1.807) is 0 Å². The first kappa shape index (κ1) is 14.8. The summed E-state index contributed by atoms with van der Waals surface area (Å²) in [5.74, 6) is -0.00361. The van der Waals surface area contributed by atoms with Crippen molar-refractivity contribution in [1.29, 1.82) is 0 Å². The van der Waals surface area contributed by atoms with Gasteiger partial charge in [-0.05, 0) is 80.0 Å². The summed E-state index contributed by atoms with van der Waals surface area (Å²) in [7, 11) is 0. The second-order valence-corrected chi connectivity index (χ2v) is 6.38. The number of carbonyl (C=O) groups is 1. The van der Waals surface area contributed by atoms with Crippen LogP contribution in [0.3, 0.4) is 0 Å². The Labute approximate surface area is 132 Å². The van der Waals surface area contributed by atoms with Crippen LogP contribution in [0.25, 0.3) is 0 Å². The number of hydrogen-bond acceptors (Lipinski definition) is 1. The van der Waals surface area contributed by atoms with E-state index in [2.05, 4.69) is 37.4 Å². The zero-order valence-corrected chi connectivity index (χ0v) is 13.6. The highest BCUT2D eigenvalue weighted by atomic mass is 16.1. The minimum atomic E-state index is -0.00361. The van der Waals surface area contributed by atoms with Crippen molar-refractivity contribution in [2.45, 2.75) is 46.1 Å². The Morgan fingerprint density at radius 3 is 2.55 bits per heavy atom. The van der Waals surface area contributed by atoms with Gasteiger partial charge >= 0.3 is 0 Å². The van der Waals surface area contributed by atoms with E-state index in [0.717, 1.165) is 11.1 Å². The summed E-state index contributed by atoms with van der Waals surface area (Å²) in [6, 6.07) is 12.5. The molecule has 1 amide bonds. The second-order valence-electron chi connectivity index (χ2n) is 6.38. The fraction of sp³-hybridized carbons (Fsp3) is 0.350. The number of benzene rings is 2. The highest BCUT2D eigenvalue weighted by Gasteiger charge is 2.15. The first-order valence-corrected chi connectivity index (χ1v) is 8.04. The average molecular weight is 293 g/mol. The van der Waals surface area contributed by atoms with Crippen LogP contribution in [0.15, 0.2) is 36.4 Å². The molecule has 0 aliphatic heterocycles. The standard InChI is InChI=1S/C20H23NO/c1-13-7-8-19(11-14(13)2)20(22)21-15(3)17-10-9-16-5-4-6-18(16)12-17/h7-12,15H,4-6H2,1-3H3,(H,21,22)/t15-/m1/s1. The molecule has 0 heterocycles. The van der Waals surface area contributed by atoms with Crippen molar-refractivity contribution in [1.82, 2.24) is 5.32 Å². The maximum Gasteiger partial charge on any atom is 0.251 e. The lowest BCUT2D eigenvalue weighted by Gasteiger charge is -2.16. The molecule has 0 spiro atoms. The van der Waals surface area contributed by atoms with Crippen LogP contribution in [0.4, 0.5) is 0 Å². The Morgan fingerprint density at radius 2 is 1.77 bits per heavy atom. The summed E-state index contributed by atoms with van der Waals surface area (Å²) in [4.78, 5) is 12.4. The molecule has 2 aromatic rings. The highest BCUT2D eigenvalue weighted by molar-refractivity contribution is 5.94. The summed E-state index contributed by atoms with van der Waals surface area (Å²) in [6.45, 7) is 6.15. The molecule has 0 aromatic heterocycles. The molecule has 0 radical (unpaired) electrons. The van der Waals surface area contributed by atoms with E-state index >= 15 is 0 Å². The molecule has 1 aliphatic carbocycles. The van der Waals surface area contributed by atoms with Gasteiger partial charge in [0.25, 0.3) is 5.91 Å². The maximum atomic E-state index is 12.4. The lowest BCUT2D eigenvalue weighted by atomic mass is 10.0. The molecule has 2 heteroatoms. The molecule has 2 aromatic carbocycles. The minimum Gasteiger partial charge on any atom is -0.346 e. The highest BCUT2D eigenvalue weighted by Crippen LogP contribution is 2.25. The third-order valence-electron chi connectivity index (χ3n) is 4.74. The topological polar surface area (TPSA) is 29.1 Å². The van der Waals surface area contributed by atoms with Crippen LogP contribution in [0.5, 0.6) is 0 Å². The summed E-state index contributed by atoms with van der Waals surface area (Å²) < 4.78 is 0. The Bertz CT molecular complexity index is 718. The molecule has 0 bridgehead atoms. The first-order chi connectivity index (χ1) is 10.5. The van der Waals surface area contributed by atoms with Gasteiger partial charge in [0, 0.05) is 5.56 Å². The van der Waals surface area contributed by atoms with Gasteiger partial charge in [-0.3, -0.25) is 4.79 Å². The van der Waals surface area contributed by atoms with Gasteiger partial charge in [-0.1, -0.05) is 24.3 Å². The number of fused-ring (bicyclic) bond motifs is 1. The van der Waals surface area contributed by atoms with E-state index in [4.69, 9.17) is 0 Å². The summed E-state index contributed by atoms with van der Waals surface area (Å²) in [5, 5.41) is 3.11. The number of aryl methyl sites for hydroxylation is 4. The molecule has 0 saturated heterocycles. The Morgan fingerprint density at radius 1 is 1.00 bits per heavy atom. The summed E-state index contributed by atoms with van der Waals surface area (Å²) in [5.41, 5.74) is 7.20. The number of hydrogen-bond donors (Lipinski definition) is 1. The molecule has 1 atom stereocenters. The number of nitrogens with one attached hydrogen (secondary N) is 1. The first-order valence-electron chi connectivity index (χ1n) is 8.04. The zero-order valence-electron chi connectivity index (χ0n) is 13.6. The predicted octanol–water partition coefficient (Wildman–Crippen LogP) is 4.28. The normalized spacial score (nSPS) is 14.5. The number of amides is 1. The Hall–Kier alpha value is -2.09. The van der Waals surface area contributed by atoms with Crippen LogP contribution in [-0.4, -0.2) is 5.91 Å². The molecule has 3 rings (SSSR count). The average Bonchev–Trinajstić information content (AvgIpc) is 2.97. The molecule has 0 fully saturated rings. The SMILES string of the molecule is Cc1ccc(C(=O)N[C@H](C)c2ccc3c(c2)CCC3)cc1C. The van der Waals surface area contributed by atoms with E-state index in [1.807, 2.05) is 25.1 Å². The van der Waals surface area contributed by atoms with E-state index in [-0.39, 0.29) is 11.9 Å². The van der Waals surface area contributed by atoms with E-state index in [0.29, 0.717) is 0 Å². The van der Waals surface area contributed by atoms with Crippen molar-refractivity contribution in [3.8, 4) is 0 Å². The van der Waals surface area contributed by atoms with Crippen LogP contribution in [0.2, 0.25) is 0 Å². The third kappa shape index (κ3) is 2.92. The quantitative estimate of drug-likeness (QED) is 0.899. The molecule has 22 heavy (non-hydrogen) atoms. The van der Waals surface area contributed by atoms with Crippen molar-refractivity contribution >= 4 is 5.91 Å². The van der Waals surface area contributed by atoms with Crippen LogP contribution in [0, 0.1) is 13.8 Å². The van der Waals surface area contributed by atoms with Crippen molar-refractivity contribution in [3.63, 3.8) is 0 Å². The van der Waals surface area contributed by atoms with Gasteiger partial charge in [0.05, 0.1) is 6.04 Å². The fourth-order valence-corrected chi connectivity index (χ4v) is 3.11. The van der Waals surface area contributed by atoms with E-state index in [9.17, 15) is 4.79 Å². The van der Waals surface area contributed by atoms with Crippen molar-refractivity contribution < 1.29 is 4.79 Å². The monoisotopic (exact) mass is 293 g/mol. The predicted molar refractivity (Wildman–Crippen MR) is 90.3 cm³/mol. The number of carbonyl (C=O) groups excluding carboxylic acids is 1. The van der Waals surface area contributed by atoms with Crippen LogP contribution in [0.1, 0.15) is 57.6 Å². The molecular weight excluding hydrogens is 270 g/mol. The van der Waals surface area contributed by atoms with Crippen LogP contribution < -0.4 is 5.32 Å². The summed E-state index contributed by atoms with van der Waals surface area (Å²) >= 11 is 0. The molecule has 1 aliphatic rings. The van der Waals surface area contributed by atoms with Gasteiger partial charge in [-0.2, -0.15) is 0 Å². The Balaban J connectivity index is 1.74. The van der Waals surface area contributed by atoms with Crippen molar-refractivity contribution in [3.05, 3.63) is 69.8 Å². The van der Waals surface area contributed by atoms with Gasteiger partial charge in [0.1, 0.15) is 0 Å². The maximum absolute atomic E-state index is 12.4. The second kappa shape index (κ2) is 5.96. The molecule has 114 valence electrons. The Kier molecular flexibility index (Phi) is 4.02. The van der Waals surface area contributed by atoms with Gasteiger partial charge in [-0.15, -0.1) is 0 Å². The van der Waals surface area contributed by atoms with Crippen molar-refractivity contribution in [2.24, 2.45) is 0 Å². The lowest BCUT2D eigenvalue weighted by molar-refractivity contribution is 0.0940. The third-order valence-corrected chi connectivity index (χ3v) is 4.74. The zero-order chi connectivity index (χ0) is 15.7. The van der Waals surface area contributed by atoms with Gasteiger partial charge < -0.3 is 5.32 Å². The minimum absolute atomic E-state index is 0.00361. The smallest absolute Gasteiger partial charge is 0.251 e. The molecule has 2 nitrogen and oxygen atoms in total. The van der Waals surface area contributed by atoms with Gasteiger partial charge in [0.15, 0.2) is 0 Å². The number of rotatable bonds is 3. The fourth-order valence-electron chi connectivity index (χ4n) is 3.11. The lowest BCUT2D eigenvalue weighted by Crippen LogP contribution is -2.26. The molecule has 0 saturated carbocycles. The summed E-state index contributed by atoms with van der Waals surface area (Å²) in [6.07, 6.45) is 3.61. The molecule has 1 N–H and O–H groups in total. The van der Waals surface area contributed by atoms with Crippen LogP contribution >= 0.6 is 0 Å². The van der Waals surface area contributed by atoms with Gasteiger partial charge in [0.2, 0.25) is 0 Å². The van der Waals surface area contributed by atoms with E-state index < -0.39 is 0 Å². The van der Waals surface area contributed by atoms with E-state index in [1.165, 1.54) is 41.5 Å². The largest absolute Gasteiger partial charge is 0.346 e. The van der Waals surface area contributed by atoms with Gasteiger partial charge in [-0.25, -0.2) is 0 Å². The molecular formula is C20H23NO. The van der Waals surface area contributed by atoms with Crippen molar-refractivity contribution in [2.75, 3.05) is 0 Å².